The Bertz CT molecular complexity index is 238. The molecule has 0 aromatic carbocycles. The molecule has 0 saturated heterocycles. The molecule has 2 aliphatic rings. The molecule has 3 nitrogen and oxygen atoms in total. The topological polar surface area (TPSA) is 41.6 Å². The van der Waals surface area contributed by atoms with Crippen molar-refractivity contribution in [1.29, 1.82) is 0 Å². The van der Waals surface area contributed by atoms with Crippen molar-refractivity contribution in [2.45, 2.75) is 69.9 Å². The lowest BCUT2D eigenvalue weighted by molar-refractivity contribution is 0.360. The fourth-order valence-electron chi connectivity index (χ4n) is 2.97. The molecule has 0 heterocycles. The number of hydrogen-bond acceptors (Lipinski definition) is 1. The lowest BCUT2D eigenvalue weighted by atomic mass is 9.96. The lowest BCUT2D eigenvalue weighted by Gasteiger charge is -2.27. The Morgan fingerprint density at radius 3 is 2.19 bits per heavy atom. The van der Waals surface area contributed by atoms with Gasteiger partial charge in [0.25, 0.3) is 0 Å². The van der Waals surface area contributed by atoms with Gasteiger partial charge in [0.2, 0.25) is 0 Å². The van der Waals surface area contributed by atoms with E-state index in [0.29, 0.717) is 12.1 Å². The fraction of sp³-hybridized carbons (Fsp3) is 0.923. The van der Waals surface area contributed by atoms with Gasteiger partial charge < -0.3 is 10.6 Å². The summed E-state index contributed by atoms with van der Waals surface area (Å²) < 4.78 is 0. The van der Waals surface area contributed by atoms with Crippen LogP contribution in [0.1, 0.15) is 57.8 Å². The van der Waals surface area contributed by atoms with Gasteiger partial charge in [0.1, 0.15) is 0 Å². The summed E-state index contributed by atoms with van der Waals surface area (Å²) in [5.74, 6) is 0.777. The molecule has 2 N–H and O–H groups in total. The molecule has 0 aromatic rings. The van der Waals surface area contributed by atoms with Crippen molar-refractivity contribution >= 4 is 5.96 Å². The smallest absolute Gasteiger partial charge is 0.191 e. The molecule has 2 rings (SSSR count). The highest BCUT2D eigenvalue weighted by Crippen LogP contribution is 2.23. The van der Waals surface area contributed by atoms with E-state index < -0.39 is 0 Å². The van der Waals surface area contributed by atoms with Crippen LogP contribution >= 0.6 is 0 Å². The van der Waals surface area contributed by atoms with E-state index in [0.717, 1.165) is 5.96 Å². The highest BCUT2D eigenvalue weighted by Gasteiger charge is 2.21. The molecule has 3 heteroatoms. The first-order valence-electron chi connectivity index (χ1n) is 6.83. The Hall–Kier alpha value is -0.730. The van der Waals surface area contributed by atoms with Crippen LogP contribution in [0.4, 0.5) is 0 Å². The van der Waals surface area contributed by atoms with Gasteiger partial charge in [0.15, 0.2) is 5.96 Å². The maximum Gasteiger partial charge on any atom is 0.191 e. The summed E-state index contributed by atoms with van der Waals surface area (Å²) in [6.07, 6.45) is 11.8. The van der Waals surface area contributed by atoms with Crippen LogP contribution in [0.2, 0.25) is 0 Å². The number of guanidine groups is 1. The first-order valence-corrected chi connectivity index (χ1v) is 6.83. The second kappa shape index (κ2) is 5.55. The van der Waals surface area contributed by atoms with E-state index in [-0.39, 0.29) is 0 Å². The number of hydrogen-bond donors (Lipinski definition) is 1. The predicted molar refractivity (Wildman–Crippen MR) is 68.5 cm³/mol. The highest BCUT2D eigenvalue weighted by molar-refractivity contribution is 5.78. The van der Waals surface area contributed by atoms with E-state index in [9.17, 15) is 0 Å². The Balaban J connectivity index is 1.88. The molecule has 0 unspecified atom stereocenters. The average molecular weight is 223 g/mol. The highest BCUT2D eigenvalue weighted by atomic mass is 15.3. The summed E-state index contributed by atoms with van der Waals surface area (Å²) in [4.78, 5) is 6.91. The summed E-state index contributed by atoms with van der Waals surface area (Å²) in [5, 5.41) is 0. The minimum Gasteiger partial charge on any atom is -0.370 e. The van der Waals surface area contributed by atoms with Gasteiger partial charge in [-0.2, -0.15) is 0 Å². The Kier molecular flexibility index (Phi) is 4.08. The van der Waals surface area contributed by atoms with Crippen molar-refractivity contribution < 1.29 is 0 Å². The van der Waals surface area contributed by atoms with Crippen LogP contribution in [0.5, 0.6) is 0 Å². The quantitative estimate of drug-likeness (QED) is 0.577. The summed E-state index contributed by atoms with van der Waals surface area (Å²) in [6.45, 7) is 0. The number of rotatable bonds is 2. The van der Waals surface area contributed by atoms with Crippen molar-refractivity contribution in [1.82, 2.24) is 4.90 Å². The summed E-state index contributed by atoms with van der Waals surface area (Å²) in [7, 11) is 2.11. The minimum absolute atomic E-state index is 0.498. The maximum atomic E-state index is 6.10. The van der Waals surface area contributed by atoms with Crippen LogP contribution in [0.25, 0.3) is 0 Å². The van der Waals surface area contributed by atoms with E-state index in [2.05, 4.69) is 11.9 Å². The van der Waals surface area contributed by atoms with Gasteiger partial charge in [-0.25, -0.2) is 4.99 Å². The van der Waals surface area contributed by atoms with Crippen molar-refractivity contribution in [2.75, 3.05) is 7.05 Å². The molecule has 2 saturated carbocycles. The molecular weight excluding hydrogens is 198 g/mol. The lowest BCUT2D eigenvalue weighted by Crippen LogP contribution is -2.41. The normalized spacial score (nSPS) is 24.9. The molecule has 2 aliphatic carbocycles. The summed E-state index contributed by atoms with van der Waals surface area (Å²) in [6, 6.07) is 1.14. The zero-order chi connectivity index (χ0) is 11.4. The monoisotopic (exact) mass is 223 g/mol. The Morgan fingerprint density at radius 1 is 1.00 bits per heavy atom. The minimum atomic E-state index is 0.498. The standard InChI is InChI=1S/C13H25N3/c1-16(12-9-5-6-10-12)13(14)15-11-7-3-2-4-8-11/h11-12H,2-10H2,1H3,(H2,14,15). The molecule has 0 atom stereocenters. The largest absolute Gasteiger partial charge is 0.370 e. The third-order valence-electron chi connectivity index (χ3n) is 4.12. The van der Waals surface area contributed by atoms with Crippen LogP contribution in [-0.2, 0) is 0 Å². The van der Waals surface area contributed by atoms with Gasteiger partial charge in [-0.3, -0.25) is 0 Å². The number of aliphatic imine (C=N–C) groups is 1. The summed E-state index contributed by atoms with van der Waals surface area (Å²) >= 11 is 0. The Morgan fingerprint density at radius 2 is 1.56 bits per heavy atom. The van der Waals surface area contributed by atoms with Gasteiger partial charge in [0.05, 0.1) is 6.04 Å². The zero-order valence-corrected chi connectivity index (χ0v) is 10.5. The van der Waals surface area contributed by atoms with Crippen molar-refractivity contribution in [2.24, 2.45) is 10.7 Å². The van der Waals surface area contributed by atoms with Crippen LogP contribution in [0, 0.1) is 0 Å². The number of nitrogens with zero attached hydrogens (tertiary/aromatic N) is 2. The van der Waals surface area contributed by atoms with Crippen molar-refractivity contribution in [3.63, 3.8) is 0 Å². The molecule has 0 amide bonds. The predicted octanol–water partition coefficient (Wildman–Crippen LogP) is 2.51. The van der Waals surface area contributed by atoms with Gasteiger partial charge in [-0.1, -0.05) is 32.1 Å². The first kappa shape index (κ1) is 11.7. The molecular formula is C13H25N3. The first-order chi connectivity index (χ1) is 7.77. The van der Waals surface area contributed by atoms with Crippen LogP contribution in [0.15, 0.2) is 4.99 Å². The van der Waals surface area contributed by atoms with E-state index in [4.69, 9.17) is 10.7 Å². The fourth-order valence-corrected chi connectivity index (χ4v) is 2.97. The molecule has 0 aromatic heterocycles. The third kappa shape index (κ3) is 2.89. The average Bonchev–Trinajstić information content (AvgIpc) is 2.83. The van der Waals surface area contributed by atoms with Crippen molar-refractivity contribution in [3.8, 4) is 0 Å². The van der Waals surface area contributed by atoms with Crippen LogP contribution in [-0.4, -0.2) is 30.0 Å². The van der Waals surface area contributed by atoms with E-state index in [1.54, 1.807) is 0 Å². The number of nitrogens with two attached hydrogens (primary N) is 1. The molecule has 0 aliphatic heterocycles. The van der Waals surface area contributed by atoms with E-state index in [1.165, 1.54) is 57.8 Å². The Labute approximate surface area is 99.1 Å². The molecule has 92 valence electrons. The molecule has 0 bridgehead atoms. The second-order valence-corrected chi connectivity index (χ2v) is 5.33. The third-order valence-corrected chi connectivity index (χ3v) is 4.12. The van der Waals surface area contributed by atoms with Gasteiger partial charge >= 0.3 is 0 Å². The van der Waals surface area contributed by atoms with E-state index >= 15 is 0 Å². The summed E-state index contributed by atoms with van der Waals surface area (Å²) in [5.41, 5.74) is 6.10. The molecule has 16 heavy (non-hydrogen) atoms. The zero-order valence-electron chi connectivity index (χ0n) is 10.5. The molecule has 2 fully saturated rings. The molecule has 0 spiro atoms. The van der Waals surface area contributed by atoms with Crippen molar-refractivity contribution in [3.05, 3.63) is 0 Å². The van der Waals surface area contributed by atoms with Gasteiger partial charge in [-0.15, -0.1) is 0 Å². The van der Waals surface area contributed by atoms with E-state index in [1.807, 2.05) is 0 Å². The SMILES string of the molecule is CN(C(N)=NC1CCCCC1)C1CCCC1. The van der Waals surface area contributed by atoms with Gasteiger partial charge in [-0.05, 0) is 25.7 Å². The van der Waals surface area contributed by atoms with Crippen LogP contribution < -0.4 is 5.73 Å². The molecule has 0 radical (unpaired) electrons. The van der Waals surface area contributed by atoms with Gasteiger partial charge in [0, 0.05) is 13.1 Å². The second-order valence-electron chi connectivity index (χ2n) is 5.33. The van der Waals surface area contributed by atoms with Crippen LogP contribution in [0.3, 0.4) is 0 Å². The maximum absolute atomic E-state index is 6.10.